The summed E-state index contributed by atoms with van der Waals surface area (Å²) >= 11 is 0. The summed E-state index contributed by atoms with van der Waals surface area (Å²) in [6, 6.07) is -0.624. The highest BCUT2D eigenvalue weighted by atomic mass is 33.1. The van der Waals surface area contributed by atoms with Gasteiger partial charge in [0.2, 0.25) is 5.91 Å². The number of rotatable bonds is 24. The van der Waals surface area contributed by atoms with Crippen LogP contribution < -0.4 is 33.9 Å². The van der Waals surface area contributed by atoms with Crippen LogP contribution >= 0.6 is 37.2 Å². The third-order valence-electron chi connectivity index (χ3n) is 8.62. The van der Waals surface area contributed by atoms with Crippen LogP contribution in [0.1, 0.15) is 53.2 Å². The summed E-state index contributed by atoms with van der Waals surface area (Å²) in [7, 11) is -7.10. The van der Waals surface area contributed by atoms with Crippen molar-refractivity contribution in [3.8, 4) is 0 Å². The molecule has 62 heavy (non-hydrogen) atoms. The minimum Gasteiger partial charge on any atom is -0.455 e. The van der Waals surface area contributed by atoms with E-state index in [-0.39, 0.29) is 46.4 Å². The highest BCUT2D eigenvalue weighted by Crippen LogP contribution is 2.47. The van der Waals surface area contributed by atoms with E-state index in [9.17, 15) is 43.3 Å². The molecule has 0 bridgehead atoms. The number of carbonyl (C=O) groups excluding carboxylic acids is 2. The minimum atomic E-state index is -5.15. The lowest BCUT2D eigenvalue weighted by molar-refractivity contribution is -0.158. The number of esters is 1. The van der Waals surface area contributed by atoms with Crippen LogP contribution in [0.4, 0.5) is 11.6 Å². The molecule has 0 spiro atoms. The molecule has 0 radical (unpaired) electrons. The van der Waals surface area contributed by atoms with Gasteiger partial charge in [-0.25, -0.2) is 28.9 Å². The zero-order valence-electron chi connectivity index (χ0n) is 34.1. The SMILES string of the molecule is C[C@H](OP(=O)(O)OC[C@H]1O[C@@H](n2cnc3c(N)ncnc32)[C@H](O)[C@@H]1OC(=O)[C@@H](N)CCCCNC(=O)[C@@H](N)CSSC(C)(C)C)[C@@H](COP(=O)(O)O)OCn1ccc(N)nc1=O. The number of fused-ring (bicyclic) bond motifs is 1. The quantitative estimate of drug-likeness (QED) is 0.0237. The van der Waals surface area contributed by atoms with Gasteiger partial charge in [0.25, 0.3) is 0 Å². The molecule has 4 rings (SSSR count). The van der Waals surface area contributed by atoms with Crippen LogP contribution in [0.2, 0.25) is 0 Å². The first-order chi connectivity index (χ1) is 28.9. The Kier molecular flexibility index (Phi) is 18.7. The molecule has 1 unspecified atom stereocenters. The zero-order chi connectivity index (χ0) is 46.0. The van der Waals surface area contributed by atoms with Crippen LogP contribution in [0.3, 0.4) is 0 Å². The van der Waals surface area contributed by atoms with Crippen molar-refractivity contribution in [3.05, 3.63) is 35.4 Å². The second kappa shape index (κ2) is 22.5. The van der Waals surface area contributed by atoms with Gasteiger partial charge in [0.05, 0.1) is 31.7 Å². The van der Waals surface area contributed by atoms with Gasteiger partial charge in [-0.05, 0) is 32.3 Å². The summed E-state index contributed by atoms with van der Waals surface area (Å²) in [5, 5.41) is 14.2. The fraction of sp³-hybridized carbons (Fsp3) is 0.656. The van der Waals surface area contributed by atoms with Gasteiger partial charge in [0, 0.05) is 23.2 Å². The molecule has 1 saturated heterocycles. The monoisotopic (exact) mass is 957 g/mol. The van der Waals surface area contributed by atoms with Crippen LogP contribution in [0.25, 0.3) is 11.2 Å². The van der Waals surface area contributed by atoms with Crippen LogP contribution in [0, 0.1) is 0 Å². The Morgan fingerprint density at radius 1 is 1.08 bits per heavy atom. The average Bonchev–Trinajstić information content (AvgIpc) is 3.74. The molecular weight excluding hydrogens is 904 g/mol. The van der Waals surface area contributed by atoms with Gasteiger partial charge in [0.1, 0.15) is 48.7 Å². The van der Waals surface area contributed by atoms with Gasteiger partial charge in [0.15, 0.2) is 23.8 Å². The molecule has 30 heteroatoms. The summed E-state index contributed by atoms with van der Waals surface area (Å²) in [4.78, 5) is 82.8. The molecule has 0 aliphatic carbocycles. The van der Waals surface area contributed by atoms with Crippen molar-refractivity contribution < 1.29 is 66.3 Å². The number of nitrogens with two attached hydrogens (primary N) is 4. The van der Waals surface area contributed by atoms with Crippen LogP contribution in [-0.4, -0.2) is 134 Å². The Hall–Kier alpha value is -3.31. The van der Waals surface area contributed by atoms with Crippen molar-refractivity contribution >= 4 is 71.9 Å². The molecule has 1 fully saturated rings. The number of nitrogens with one attached hydrogen (secondary N) is 1. The lowest BCUT2D eigenvalue weighted by Crippen LogP contribution is -2.43. The third kappa shape index (κ3) is 15.7. The molecule has 1 aliphatic heterocycles. The van der Waals surface area contributed by atoms with Gasteiger partial charge in [-0.1, -0.05) is 42.4 Å². The van der Waals surface area contributed by atoms with Crippen molar-refractivity contribution in [3.63, 3.8) is 0 Å². The number of aromatic nitrogens is 6. The Labute approximate surface area is 362 Å². The number of hydrogen-bond acceptors (Lipinski definition) is 22. The predicted molar refractivity (Wildman–Crippen MR) is 224 cm³/mol. The number of phosphoric acid groups is 2. The Bertz CT molecular complexity index is 2130. The number of amides is 1. The van der Waals surface area contributed by atoms with E-state index in [1.54, 1.807) is 10.8 Å². The molecule has 1 amide bonds. The van der Waals surface area contributed by atoms with Crippen LogP contribution in [0.15, 0.2) is 29.7 Å². The predicted octanol–water partition coefficient (Wildman–Crippen LogP) is -0.487. The largest absolute Gasteiger partial charge is 0.472 e. The van der Waals surface area contributed by atoms with Crippen molar-refractivity contribution in [2.45, 2.75) is 107 Å². The van der Waals surface area contributed by atoms with Crippen molar-refractivity contribution in [1.82, 2.24) is 34.4 Å². The van der Waals surface area contributed by atoms with E-state index in [0.717, 1.165) is 10.9 Å². The Morgan fingerprint density at radius 3 is 2.48 bits per heavy atom. The molecule has 13 N–H and O–H groups in total. The number of unbranched alkanes of at least 4 members (excludes halogenated alkanes) is 1. The van der Waals surface area contributed by atoms with Gasteiger partial charge in [-0.15, -0.1) is 0 Å². The van der Waals surface area contributed by atoms with Crippen molar-refractivity contribution in [1.29, 1.82) is 0 Å². The number of ether oxygens (including phenoxy) is 3. The van der Waals surface area contributed by atoms with Gasteiger partial charge in [-0.3, -0.25) is 32.3 Å². The second-order valence-corrected chi connectivity index (χ2v) is 20.6. The highest BCUT2D eigenvalue weighted by Gasteiger charge is 2.49. The van der Waals surface area contributed by atoms with Gasteiger partial charge >= 0.3 is 27.3 Å². The number of aliphatic hydroxyl groups is 1. The number of nitrogen functional groups attached to an aromatic ring is 2. The second-order valence-electron chi connectivity index (χ2n) is 14.8. The lowest BCUT2D eigenvalue weighted by Gasteiger charge is -2.27. The average molecular weight is 958 g/mol. The molecule has 348 valence electrons. The van der Waals surface area contributed by atoms with E-state index in [2.05, 4.69) is 50.5 Å². The summed E-state index contributed by atoms with van der Waals surface area (Å²) in [6.45, 7) is 5.33. The zero-order valence-corrected chi connectivity index (χ0v) is 37.5. The number of anilines is 2. The first-order valence-electron chi connectivity index (χ1n) is 18.8. The summed E-state index contributed by atoms with van der Waals surface area (Å²) in [5.41, 5.74) is 23.0. The third-order valence-corrected chi connectivity index (χ3v) is 13.5. The first kappa shape index (κ1) is 51.3. The maximum atomic E-state index is 13.3. The van der Waals surface area contributed by atoms with Crippen LogP contribution in [0.5, 0.6) is 0 Å². The molecule has 3 aromatic heterocycles. The summed E-state index contributed by atoms with van der Waals surface area (Å²) in [5.74, 6) is -0.905. The number of aliphatic hydroxyl groups excluding tert-OH is 1. The van der Waals surface area contributed by atoms with E-state index in [1.165, 1.54) is 40.9 Å². The molecule has 1 aliphatic rings. The summed E-state index contributed by atoms with van der Waals surface area (Å²) in [6.07, 6.45) is -4.51. The number of phosphoric ester groups is 2. The fourth-order valence-corrected chi connectivity index (χ4v) is 9.22. The molecule has 26 nitrogen and oxygen atoms in total. The highest BCUT2D eigenvalue weighted by molar-refractivity contribution is 8.77. The maximum Gasteiger partial charge on any atom is 0.472 e. The van der Waals surface area contributed by atoms with Crippen LogP contribution in [-0.2, 0) is 53.2 Å². The summed E-state index contributed by atoms with van der Waals surface area (Å²) < 4.78 is 59.1. The van der Waals surface area contributed by atoms with E-state index in [0.29, 0.717) is 18.6 Å². The minimum absolute atomic E-state index is 0.0132. The van der Waals surface area contributed by atoms with Gasteiger partial charge in [-0.2, -0.15) is 4.98 Å². The van der Waals surface area contributed by atoms with E-state index >= 15 is 0 Å². The van der Waals surface area contributed by atoms with E-state index in [4.69, 9.17) is 46.2 Å². The van der Waals surface area contributed by atoms with Gasteiger partial charge < -0.3 is 62.2 Å². The fourth-order valence-electron chi connectivity index (χ4n) is 5.50. The number of nitrogens with zero attached hydrogens (tertiary/aromatic N) is 6. The normalized spacial score (nSPS) is 21.3. The number of carbonyl (C=O) groups is 2. The smallest absolute Gasteiger partial charge is 0.455 e. The Balaban J connectivity index is 1.40. The molecular formula is C32H53N11O15P2S2. The first-order valence-corrected chi connectivity index (χ1v) is 24.2. The lowest BCUT2D eigenvalue weighted by atomic mass is 10.1. The standard InChI is InChI=1S/C32H53N11O15P2S2/c1-17(20(11-54-59(48,49)50)53-16-42-10-8-22(35)41-31(42)47)58-60(51,52)55-12-21-25(24(44)29(56-21)43-15-40-23-26(36)38-14-39-27(23)43)57-30(46)18(33)7-5-6-9-37-28(45)19(34)13-61-62-32(2,3)4/h8,10,14-15,17-21,24-25,29,44H,5-7,9,11-13,16,33-34H2,1-4H3,(H,37,45)(H,51,52)(H2,35,41,47)(H2,36,38,39)(H2,48,49,50)/t17-,18-,19-,20+,21+,24+,25+,29+/m0/s1. The Morgan fingerprint density at radius 2 is 1.81 bits per heavy atom. The van der Waals surface area contributed by atoms with Crippen molar-refractivity contribution in [2.24, 2.45) is 11.5 Å². The molecule has 4 heterocycles. The van der Waals surface area contributed by atoms with E-state index in [1.807, 2.05) is 0 Å². The number of imidazole rings is 1. The van der Waals surface area contributed by atoms with E-state index < -0.39 is 96.1 Å². The molecule has 0 saturated carbocycles. The molecule has 9 atom stereocenters. The molecule has 0 aromatic carbocycles. The topological polar surface area (TPSA) is 399 Å². The maximum absolute atomic E-state index is 13.3. The molecule has 3 aromatic rings. The van der Waals surface area contributed by atoms with Crippen molar-refractivity contribution in [2.75, 3.05) is 37.0 Å². The number of hydrogen-bond donors (Lipinski definition) is 9.